The lowest BCUT2D eigenvalue weighted by Gasteiger charge is -2.66. The van der Waals surface area contributed by atoms with E-state index < -0.39 is 0 Å². The third-order valence-corrected chi connectivity index (χ3v) is 24.1. The van der Waals surface area contributed by atoms with Crippen molar-refractivity contribution in [3.05, 3.63) is 162 Å². The molecule has 0 radical (unpaired) electrons. The molecule has 74 heavy (non-hydrogen) atoms. The molecule has 3 nitrogen and oxygen atoms in total. The van der Waals surface area contributed by atoms with Crippen LogP contribution in [-0.4, -0.2) is 11.3 Å². The van der Waals surface area contributed by atoms with Crippen molar-refractivity contribution in [2.24, 2.45) is 46.3 Å². The zero-order chi connectivity index (χ0) is 48.1. The molecule has 8 aromatic carbocycles. The molecule has 4 atom stereocenters. The number of benzene rings is 8. The zero-order valence-electron chi connectivity index (χ0n) is 42.8. The Balaban J connectivity index is 0.928. The fourth-order valence-corrected chi connectivity index (χ4v) is 21.2. The van der Waals surface area contributed by atoms with E-state index in [1.807, 2.05) is 0 Å². The van der Waals surface area contributed by atoms with Crippen molar-refractivity contribution in [1.29, 1.82) is 0 Å². The highest BCUT2D eigenvalue weighted by atomic mass is 16.3. The van der Waals surface area contributed by atoms with E-state index in [0.717, 1.165) is 46.8 Å². The van der Waals surface area contributed by atoms with Crippen LogP contribution in [0.1, 0.15) is 102 Å². The summed E-state index contributed by atoms with van der Waals surface area (Å²) in [7, 11) is 0. The van der Waals surface area contributed by atoms with Gasteiger partial charge in [0.1, 0.15) is 11.2 Å². The normalized spacial score (nSPS) is 32.4. The summed E-state index contributed by atoms with van der Waals surface area (Å²) in [5.41, 5.74) is 21.6. The number of furan rings is 1. The summed E-state index contributed by atoms with van der Waals surface area (Å²) in [6.45, 7) is 6.87. The van der Waals surface area contributed by atoms with Crippen molar-refractivity contribution in [3.63, 3.8) is 0 Å². The van der Waals surface area contributed by atoms with Crippen LogP contribution >= 0.6 is 0 Å². The molecule has 4 heterocycles. The Labute approximate surface area is 433 Å². The molecule has 0 amide bonds. The maximum Gasteiger partial charge on any atom is 0.376 e. The van der Waals surface area contributed by atoms with Gasteiger partial charge < -0.3 is 13.8 Å². The van der Waals surface area contributed by atoms with E-state index in [9.17, 15) is 0 Å². The molecule has 2 spiro atoms. The average molecular weight is 955 g/mol. The van der Waals surface area contributed by atoms with Gasteiger partial charge in [-0.3, -0.25) is 0 Å². The van der Waals surface area contributed by atoms with E-state index >= 15 is 0 Å². The highest BCUT2D eigenvalue weighted by Gasteiger charge is 2.78. The molecule has 20 rings (SSSR count). The zero-order valence-corrected chi connectivity index (χ0v) is 42.8. The van der Waals surface area contributed by atoms with Crippen LogP contribution in [0.15, 0.2) is 150 Å². The van der Waals surface area contributed by atoms with Crippen molar-refractivity contribution < 1.29 is 4.42 Å². The molecule has 4 heteroatoms. The smallest absolute Gasteiger partial charge is 0.376 e. The van der Waals surface area contributed by atoms with Crippen LogP contribution in [0.4, 0.5) is 17.1 Å². The van der Waals surface area contributed by atoms with Crippen LogP contribution in [0.2, 0.25) is 0 Å². The predicted octanol–water partition coefficient (Wildman–Crippen LogP) is 16.4. The highest BCUT2D eigenvalue weighted by Crippen LogP contribution is 2.86. The van der Waals surface area contributed by atoms with Gasteiger partial charge in [0.25, 0.3) is 0 Å². The first kappa shape index (κ1) is 39.9. The van der Waals surface area contributed by atoms with E-state index in [4.69, 9.17) is 4.42 Å². The molecule has 0 N–H and O–H groups in total. The predicted molar refractivity (Wildman–Crippen MR) is 304 cm³/mol. The molecule has 4 unspecified atom stereocenters. The minimum absolute atomic E-state index is 0.0313. The van der Waals surface area contributed by atoms with Crippen molar-refractivity contribution in [3.8, 4) is 22.3 Å². The average Bonchev–Trinajstić information content (AvgIpc) is 4.38. The first-order valence-corrected chi connectivity index (χ1v) is 28.8. The van der Waals surface area contributed by atoms with Gasteiger partial charge in [0.2, 0.25) is 0 Å². The molecule has 4 bridgehead atoms. The van der Waals surface area contributed by atoms with Gasteiger partial charge in [-0.1, -0.05) is 118 Å². The summed E-state index contributed by atoms with van der Waals surface area (Å²) >= 11 is 0. The molecule has 10 aromatic rings. The topological polar surface area (TPSA) is 21.3 Å². The standard InChI is InChI=1S/C70H59BN2O/c1-66(2,3)41-18-21-58(53(28-41)38-11-5-4-6-12-38)72-62-50-15-9-8-14-40(50)23-55-57-31-43(68-34-48-26-45-27-49(35-68)70(45,48)37-68)30-56-54-29-42(67-32-46-24-44-25-47(33-67)69(44,46)36-67)19-22-59(54)73(61(56)57)71(60(55)62)65-63(72)52-20-17-39-13-7-10-16-51(39)64(52)74-65/h4-23,28-31,44-49H,24-27,32-37H2,1-3H3. The van der Waals surface area contributed by atoms with Crippen LogP contribution in [0.3, 0.4) is 0 Å². The molecule has 2 aliphatic heterocycles. The summed E-state index contributed by atoms with van der Waals surface area (Å²) in [5.74, 6) is 5.76. The maximum absolute atomic E-state index is 7.82. The van der Waals surface area contributed by atoms with Crippen molar-refractivity contribution in [2.75, 3.05) is 4.90 Å². The minimum Gasteiger partial charge on any atom is -0.465 e. The van der Waals surface area contributed by atoms with Gasteiger partial charge in [0.15, 0.2) is 0 Å². The Morgan fingerprint density at radius 1 is 0.514 bits per heavy atom. The third kappa shape index (κ3) is 4.27. The number of rotatable bonds is 4. The Morgan fingerprint density at radius 3 is 1.88 bits per heavy atom. The quantitative estimate of drug-likeness (QED) is 0.164. The number of aromatic nitrogens is 1. The molecule has 0 saturated heterocycles. The van der Waals surface area contributed by atoms with Gasteiger partial charge in [-0.2, -0.15) is 0 Å². The minimum atomic E-state index is -0.176. The first-order valence-electron chi connectivity index (χ1n) is 28.8. The SMILES string of the molecule is CC(C)(C)c1ccc(N2c3c4c(cc5ccccc35)-c3cc(C56CC7CC8CC(C5)C87C6)cc5c6cc(C78CC9CC%10CC(C7)C%109C8)ccc6n(c35)B4c3oc4c(ccc5ccccc54)c32)c(-c2ccccc2)c1. The number of hydrogen-bond donors (Lipinski definition) is 0. The van der Waals surface area contributed by atoms with Crippen LogP contribution in [0.5, 0.6) is 0 Å². The van der Waals surface area contributed by atoms with E-state index in [-0.39, 0.29) is 17.7 Å². The summed E-state index contributed by atoms with van der Waals surface area (Å²) in [4.78, 5) is 2.69. The lowest BCUT2D eigenvalue weighted by molar-refractivity contribution is -0.175. The fourth-order valence-electron chi connectivity index (χ4n) is 21.2. The number of hydrogen-bond acceptors (Lipinski definition) is 2. The summed E-state index contributed by atoms with van der Waals surface area (Å²) in [6.07, 6.45) is 14.4. The monoisotopic (exact) mass is 954 g/mol. The molecule has 8 fully saturated rings. The molecule has 8 saturated carbocycles. The third-order valence-electron chi connectivity index (χ3n) is 24.1. The van der Waals surface area contributed by atoms with Gasteiger partial charge in [0, 0.05) is 49.1 Å². The van der Waals surface area contributed by atoms with Crippen LogP contribution in [-0.2, 0) is 16.2 Å². The Hall–Kier alpha value is -6.52. The number of nitrogens with zero attached hydrogens (tertiary/aromatic N) is 2. The Kier molecular flexibility index (Phi) is 6.70. The van der Waals surface area contributed by atoms with Gasteiger partial charge in [-0.15, -0.1) is 0 Å². The highest BCUT2D eigenvalue weighted by molar-refractivity contribution is 6.90. The van der Waals surface area contributed by atoms with Gasteiger partial charge in [0.05, 0.1) is 17.1 Å². The van der Waals surface area contributed by atoms with Gasteiger partial charge >= 0.3 is 6.85 Å². The maximum atomic E-state index is 7.82. The van der Waals surface area contributed by atoms with Crippen LogP contribution < -0.4 is 16.0 Å². The van der Waals surface area contributed by atoms with Crippen molar-refractivity contribution in [1.82, 2.24) is 4.48 Å². The lowest BCUT2D eigenvalue weighted by Crippen LogP contribution is -2.59. The largest absolute Gasteiger partial charge is 0.465 e. The first-order chi connectivity index (χ1) is 36.1. The van der Waals surface area contributed by atoms with Crippen molar-refractivity contribution >= 4 is 89.4 Å². The second-order valence-electron chi connectivity index (χ2n) is 27.6. The van der Waals surface area contributed by atoms with Crippen LogP contribution in [0.25, 0.3) is 76.6 Å². The summed E-state index contributed by atoms with van der Waals surface area (Å²) in [5, 5.41) is 9.10. The second kappa shape index (κ2) is 12.4. The summed E-state index contributed by atoms with van der Waals surface area (Å²) < 4.78 is 10.6. The number of fused-ring (bicyclic) bond motifs is 15. The molecular weight excluding hydrogens is 896 g/mol. The van der Waals surface area contributed by atoms with Crippen LogP contribution in [0, 0.1) is 46.3 Å². The van der Waals surface area contributed by atoms with E-state index in [0.29, 0.717) is 16.2 Å². The van der Waals surface area contributed by atoms with Gasteiger partial charge in [-0.25, -0.2) is 0 Å². The van der Waals surface area contributed by atoms with E-state index in [2.05, 4.69) is 176 Å². The molecule has 358 valence electrons. The van der Waals surface area contributed by atoms with E-state index in [1.165, 1.54) is 163 Å². The summed E-state index contributed by atoms with van der Waals surface area (Å²) in [6, 6.07) is 57.6. The number of anilines is 3. The Morgan fingerprint density at radius 2 is 1.18 bits per heavy atom. The fraction of sp³-hybridized carbons (Fsp3) is 0.343. The van der Waals surface area contributed by atoms with Crippen molar-refractivity contribution in [2.45, 2.75) is 101 Å². The molecular formula is C70H59BN2O. The van der Waals surface area contributed by atoms with Gasteiger partial charge in [-0.05, 0) is 219 Å². The Bertz CT molecular complexity index is 4260. The molecule has 10 aliphatic rings. The second-order valence-corrected chi connectivity index (χ2v) is 27.6. The lowest BCUT2D eigenvalue weighted by atomic mass is 9.38. The van der Waals surface area contributed by atoms with E-state index in [1.54, 1.807) is 11.1 Å². The molecule has 2 aromatic heterocycles. The molecule has 8 aliphatic carbocycles.